The molecule has 0 aliphatic rings. The van der Waals surface area contributed by atoms with Crippen molar-refractivity contribution in [3.8, 4) is 0 Å². The van der Waals surface area contributed by atoms with Crippen LogP contribution in [0.4, 0.5) is 0 Å². The van der Waals surface area contributed by atoms with E-state index in [2.05, 4.69) is 33.0 Å². The fraction of sp³-hybridized carbons (Fsp3) is 1.00. The normalized spacial score (nSPS) is 16.3. The molecule has 0 aromatic heterocycles. The molecular formula is C11H26N2O. The van der Waals surface area contributed by atoms with Crippen molar-refractivity contribution in [2.24, 2.45) is 17.6 Å². The minimum Gasteiger partial charge on any atom is -0.390 e. The Morgan fingerprint density at radius 2 is 1.64 bits per heavy atom. The van der Waals surface area contributed by atoms with Crippen LogP contribution in [0.5, 0.6) is 0 Å². The van der Waals surface area contributed by atoms with Crippen LogP contribution < -0.4 is 11.1 Å². The van der Waals surface area contributed by atoms with Crippen LogP contribution in [0.2, 0.25) is 0 Å². The van der Waals surface area contributed by atoms with E-state index in [0.29, 0.717) is 18.4 Å². The third-order valence-electron chi connectivity index (χ3n) is 2.14. The minimum atomic E-state index is -0.420. The second-order valence-electron chi connectivity index (χ2n) is 4.91. The maximum Gasteiger partial charge on any atom is 0.0815 e. The SMILES string of the molecule is CC(C)CNC[C@@H](O)[C@@H](N)CC(C)C. The highest BCUT2D eigenvalue weighted by atomic mass is 16.3. The lowest BCUT2D eigenvalue weighted by Gasteiger charge is -2.21. The molecule has 0 radical (unpaired) electrons. The third kappa shape index (κ3) is 7.30. The zero-order valence-corrected chi connectivity index (χ0v) is 9.96. The average Bonchev–Trinajstić information content (AvgIpc) is 2.01. The van der Waals surface area contributed by atoms with Gasteiger partial charge in [0.25, 0.3) is 0 Å². The molecule has 0 aromatic rings. The van der Waals surface area contributed by atoms with Gasteiger partial charge in [0, 0.05) is 12.6 Å². The molecule has 2 atom stereocenters. The highest BCUT2D eigenvalue weighted by molar-refractivity contribution is 4.75. The van der Waals surface area contributed by atoms with Gasteiger partial charge < -0.3 is 16.2 Å². The summed E-state index contributed by atoms with van der Waals surface area (Å²) in [7, 11) is 0. The summed E-state index contributed by atoms with van der Waals surface area (Å²) in [5.41, 5.74) is 5.85. The fourth-order valence-electron chi connectivity index (χ4n) is 1.37. The van der Waals surface area contributed by atoms with Crippen molar-refractivity contribution >= 4 is 0 Å². The van der Waals surface area contributed by atoms with E-state index in [1.54, 1.807) is 0 Å². The van der Waals surface area contributed by atoms with E-state index >= 15 is 0 Å². The van der Waals surface area contributed by atoms with Crippen LogP contribution in [0.3, 0.4) is 0 Å². The number of rotatable bonds is 7. The summed E-state index contributed by atoms with van der Waals surface area (Å²) in [5.74, 6) is 1.16. The highest BCUT2D eigenvalue weighted by Gasteiger charge is 2.15. The standard InChI is InChI=1S/C11H26N2O/c1-8(2)5-10(12)11(14)7-13-6-9(3)4/h8-11,13-14H,5-7,12H2,1-4H3/t10-,11+/m0/s1. The molecule has 0 rings (SSSR count). The first-order chi connectivity index (χ1) is 6.43. The summed E-state index contributed by atoms with van der Waals surface area (Å²) < 4.78 is 0. The highest BCUT2D eigenvalue weighted by Crippen LogP contribution is 2.05. The Morgan fingerprint density at radius 1 is 1.07 bits per heavy atom. The summed E-state index contributed by atoms with van der Waals surface area (Å²) in [4.78, 5) is 0. The van der Waals surface area contributed by atoms with Gasteiger partial charge in [-0.2, -0.15) is 0 Å². The fourth-order valence-corrected chi connectivity index (χ4v) is 1.37. The van der Waals surface area contributed by atoms with E-state index in [4.69, 9.17) is 5.73 Å². The van der Waals surface area contributed by atoms with Gasteiger partial charge in [0.2, 0.25) is 0 Å². The van der Waals surface area contributed by atoms with E-state index in [9.17, 15) is 5.11 Å². The summed E-state index contributed by atoms with van der Waals surface area (Å²) >= 11 is 0. The molecular weight excluding hydrogens is 176 g/mol. The maximum atomic E-state index is 9.69. The predicted molar refractivity (Wildman–Crippen MR) is 61.1 cm³/mol. The first kappa shape index (κ1) is 13.9. The topological polar surface area (TPSA) is 58.3 Å². The quantitative estimate of drug-likeness (QED) is 0.576. The van der Waals surface area contributed by atoms with Gasteiger partial charge in [0.15, 0.2) is 0 Å². The molecule has 0 aromatic carbocycles. The van der Waals surface area contributed by atoms with Crippen LogP contribution in [-0.2, 0) is 0 Å². The van der Waals surface area contributed by atoms with Crippen LogP contribution in [0.25, 0.3) is 0 Å². The summed E-state index contributed by atoms with van der Waals surface area (Å²) in [6, 6.07) is -0.102. The van der Waals surface area contributed by atoms with E-state index in [-0.39, 0.29) is 6.04 Å². The summed E-state index contributed by atoms with van der Waals surface area (Å²) in [6.07, 6.45) is 0.459. The summed E-state index contributed by atoms with van der Waals surface area (Å²) in [6.45, 7) is 10.1. The molecule has 3 nitrogen and oxygen atoms in total. The molecule has 0 aliphatic heterocycles. The van der Waals surface area contributed by atoms with Crippen molar-refractivity contribution in [1.82, 2.24) is 5.32 Å². The van der Waals surface area contributed by atoms with Gasteiger partial charge in [-0.05, 0) is 24.8 Å². The number of aliphatic hydroxyl groups excluding tert-OH is 1. The van der Waals surface area contributed by atoms with Crippen molar-refractivity contribution in [1.29, 1.82) is 0 Å². The number of hydrogen-bond acceptors (Lipinski definition) is 3. The molecule has 0 heterocycles. The van der Waals surface area contributed by atoms with Crippen molar-refractivity contribution in [3.05, 3.63) is 0 Å². The Morgan fingerprint density at radius 3 is 2.07 bits per heavy atom. The zero-order valence-electron chi connectivity index (χ0n) is 9.96. The Labute approximate surface area is 88.1 Å². The molecule has 0 bridgehead atoms. The van der Waals surface area contributed by atoms with E-state index < -0.39 is 6.10 Å². The van der Waals surface area contributed by atoms with Gasteiger partial charge in [-0.25, -0.2) is 0 Å². The van der Waals surface area contributed by atoms with Gasteiger partial charge in [-0.3, -0.25) is 0 Å². The Kier molecular flexibility index (Phi) is 7.15. The molecule has 14 heavy (non-hydrogen) atoms. The molecule has 3 heteroatoms. The molecule has 0 aliphatic carbocycles. The lowest BCUT2D eigenvalue weighted by atomic mass is 10.00. The third-order valence-corrected chi connectivity index (χ3v) is 2.14. The van der Waals surface area contributed by atoms with Gasteiger partial charge in [-0.1, -0.05) is 27.7 Å². The van der Waals surface area contributed by atoms with Crippen LogP contribution in [0.1, 0.15) is 34.1 Å². The molecule has 4 N–H and O–H groups in total. The van der Waals surface area contributed by atoms with Gasteiger partial charge in [0.05, 0.1) is 6.10 Å². The van der Waals surface area contributed by atoms with Gasteiger partial charge >= 0.3 is 0 Å². The van der Waals surface area contributed by atoms with E-state index in [1.165, 1.54) is 0 Å². The van der Waals surface area contributed by atoms with Crippen molar-refractivity contribution in [2.75, 3.05) is 13.1 Å². The maximum absolute atomic E-state index is 9.69. The second-order valence-corrected chi connectivity index (χ2v) is 4.91. The van der Waals surface area contributed by atoms with Crippen LogP contribution in [0.15, 0.2) is 0 Å². The first-order valence-electron chi connectivity index (χ1n) is 5.57. The number of nitrogens with one attached hydrogen (secondary N) is 1. The molecule has 0 spiro atoms. The molecule has 0 fully saturated rings. The second kappa shape index (κ2) is 7.21. The Balaban J connectivity index is 3.56. The number of nitrogens with two attached hydrogens (primary N) is 1. The number of hydrogen-bond donors (Lipinski definition) is 3. The molecule has 0 saturated carbocycles. The molecule has 86 valence electrons. The number of aliphatic hydroxyl groups is 1. The summed E-state index contributed by atoms with van der Waals surface area (Å²) in [5, 5.41) is 12.9. The van der Waals surface area contributed by atoms with Crippen molar-refractivity contribution < 1.29 is 5.11 Å². The minimum absolute atomic E-state index is 0.102. The smallest absolute Gasteiger partial charge is 0.0815 e. The molecule has 0 saturated heterocycles. The Bertz CT molecular complexity index is 137. The zero-order chi connectivity index (χ0) is 11.1. The lowest BCUT2D eigenvalue weighted by molar-refractivity contribution is 0.131. The first-order valence-corrected chi connectivity index (χ1v) is 5.57. The van der Waals surface area contributed by atoms with Crippen molar-refractivity contribution in [3.63, 3.8) is 0 Å². The largest absolute Gasteiger partial charge is 0.390 e. The van der Waals surface area contributed by atoms with E-state index in [0.717, 1.165) is 13.0 Å². The van der Waals surface area contributed by atoms with Crippen LogP contribution in [-0.4, -0.2) is 30.3 Å². The van der Waals surface area contributed by atoms with Gasteiger partial charge in [0.1, 0.15) is 0 Å². The monoisotopic (exact) mass is 202 g/mol. The van der Waals surface area contributed by atoms with Crippen LogP contribution >= 0.6 is 0 Å². The molecule has 0 amide bonds. The predicted octanol–water partition coefficient (Wildman–Crippen LogP) is 0.966. The molecule has 0 unspecified atom stereocenters. The van der Waals surface area contributed by atoms with Crippen LogP contribution in [0, 0.1) is 11.8 Å². The van der Waals surface area contributed by atoms with Crippen molar-refractivity contribution in [2.45, 2.75) is 46.3 Å². The van der Waals surface area contributed by atoms with Gasteiger partial charge in [-0.15, -0.1) is 0 Å². The Hall–Kier alpha value is -0.120. The lowest BCUT2D eigenvalue weighted by Crippen LogP contribution is -2.43. The van der Waals surface area contributed by atoms with E-state index in [1.807, 2.05) is 0 Å². The average molecular weight is 202 g/mol.